The highest BCUT2D eigenvalue weighted by Crippen LogP contribution is 2.44. The molecule has 0 radical (unpaired) electrons. The second-order valence-electron chi connectivity index (χ2n) is 7.39. The van der Waals surface area contributed by atoms with Crippen LogP contribution in [0.3, 0.4) is 0 Å². The van der Waals surface area contributed by atoms with E-state index in [9.17, 15) is 22.0 Å². The summed E-state index contributed by atoms with van der Waals surface area (Å²) in [5, 5.41) is 3.06. The molecule has 3 atom stereocenters. The summed E-state index contributed by atoms with van der Waals surface area (Å²) >= 11 is 0. The Balaban J connectivity index is 1.54. The standard InChI is InChI=1S/C18H24F2N2O3S/c1-26(24,25)22(14-6-7-15(19)16(20)11-14)8-2-3-18(23)21-17-10-12-4-5-13(17)9-12/h6-7,11-13,17H,2-5,8-10H2,1H3,(H,21,23)/t12-,13-,17+/m0/s1. The molecule has 2 aliphatic carbocycles. The maximum absolute atomic E-state index is 13.4. The number of fused-ring (bicyclic) bond motifs is 2. The maximum atomic E-state index is 13.4. The summed E-state index contributed by atoms with van der Waals surface area (Å²) in [6.07, 6.45) is 6.18. The molecule has 0 spiro atoms. The van der Waals surface area contributed by atoms with Gasteiger partial charge in [-0.05, 0) is 49.7 Å². The lowest BCUT2D eigenvalue weighted by Crippen LogP contribution is -2.39. The molecule has 144 valence electrons. The second-order valence-corrected chi connectivity index (χ2v) is 9.29. The van der Waals surface area contributed by atoms with Gasteiger partial charge in [-0.2, -0.15) is 0 Å². The van der Waals surface area contributed by atoms with Gasteiger partial charge >= 0.3 is 0 Å². The molecule has 0 saturated heterocycles. The zero-order valence-electron chi connectivity index (χ0n) is 14.7. The molecule has 2 bridgehead atoms. The van der Waals surface area contributed by atoms with Crippen molar-refractivity contribution in [2.45, 2.75) is 44.6 Å². The first-order chi connectivity index (χ1) is 12.2. The van der Waals surface area contributed by atoms with Gasteiger partial charge in [-0.1, -0.05) is 6.42 Å². The highest BCUT2D eigenvalue weighted by molar-refractivity contribution is 7.92. The first-order valence-electron chi connectivity index (χ1n) is 8.96. The summed E-state index contributed by atoms with van der Waals surface area (Å²) in [6.45, 7) is 0.0358. The van der Waals surface area contributed by atoms with Crippen molar-refractivity contribution in [1.82, 2.24) is 5.32 Å². The summed E-state index contributed by atoms with van der Waals surface area (Å²) in [5.74, 6) is -0.906. The first kappa shape index (κ1) is 19.1. The average molecular weight is 386 g/mol. The van der Waals surface area contributed by atoms with Crippen LogP contribution in [0, 0.1) is 23.5 Å². The number of rotatable bonds is 7. The first-order valence-corrected chi connectivity index (χ1v) is 10.8. The van der Waals surface area contributed by atoms with Crippen LogP contribution in [0.1, 0.15) is 38.5 Å². The van der Waals surface area contributed by atoms with Gasteiger partial charge in [0.2, 0.25) is 15.9 Å². The molecule has 0 aromatic heterocycles. The van der Waals surface area contributed by atoms with E-state index in [1.807, 2.05) is 0 Å². The molecule has 2 aliphatic rings. The summed E-state index contributed by atoms with van der Waals surface area (Å²) < 4.78 is 51.5. The number of carbonyl (C=O) groups is 1. The Bertz CT molecular complexity index is 785. The van der Waals surface area contributed by atoms with Crippen molar-refractivity contribution in [3.05, 3.63) is 29.8 Å². The van der Waals surface area contributed by atoms with E-state index in [4.69, 9.17) is 0 Å². The van der Waals surface area contributed by atoms with Crippen molar-refractivity contribution in [3.63, 3.8) is 0 Å². The molecule has 8 heteroatoms. The zero-order valence-corrected chi connectivity index (χ0v) is 15.6. The largest absolute Gasteiger partial charge is 0.353 e. The fourth-order valence-electron chi connectivity index (χ4n) is 4.21. The van der Waals surface area contributed by atoms with Crippen LogP contribution in [0.15, 0.2) is 18.2 Å². The number of sulfonamides is 1. The van der Waals surface area contributed by atoms with Gasteiger partial charge in [0.05, 0.1) is 11.9 Å². The Morgan fingerprint density at radius 2 is 2.00 bits per heavy atom. The lowest BCUT2D eigenvalue weighted by atomic mass is 9.95. The molecule has 2 saturated carbocycles. The number of halogens is 2. The van der Waals surface area contributed by atoms with Gasteiger partial charge in [0, 0.05) is 25.1 Å². The smallest absolute Gasteiger partial charge is 0.232 e. The predicted molar refractivity (Wildman–Crippen MR) is 95.2 cm³/mol. The minimum Gasteiger partial charge on any atom is -0.353 e. The molecular weight excluding hydrogens is 362 g/mol. The quantitative estimate of drug-likeness (QED) is 0.784. The number of hydrogen-bond acceptors (Lipinski definition) is 3. The van der Waals surface area contributed by atoms with Crippen LogP contribution < -0.4 is 9.62 Å². The Kier molecular flexibility index (Phi) is 5.50. The molecule has 3 rings (SSSR count). The fourth-order valence-corrected chi connectivity index (χ4v) is 5.17. The van der Waals surface area contributed by atoms with E-state index >= 15 is 0 Å². The van der Waals surface area contributed by atoms with Crippen molar-refractivity contribution in [3.8, 4) is 0 Å². The van der Waals surface area contributed by atoms with Gasteiger partial charge in [0.15, 0.2) is 11.6 Å². The molecular formula is C18H24F2N2O3S. The third-order valence-corrected chi connectivity index (χ3v) is 6.64. The molecule has 0 aliphatic heterocycles. The van der Waals surface area contributed by atoms with Gasteiger partial charge in [-0.25, -0.2) is 17.2 Å². The van der Waals surface area contributed by atoms with Gasteiger partial charge in [0.1, 0.15) is 0 Å². The summed E-state index contributed by atoms with van der Waals surface area (Å²) in [5.41, 5.74) is 0.0555. The molecule has 0 unspecified atom stereocenters. The highest BCUT2D eigenvalue weighted by Gasteiger charge is 2.39. The van der Waals surface area contributed by atoms with Crippen LogP contribution in [0.2, 0.25) is 0 Å². The average Bonchev–Trinajstić information content (AvgIpc) is 3.16. The number of hydrogen-bond donors (Lipinski definition) is 1. The van der Waals surface area contributed by atoms with E-state index in [1.54, 1.807) is 0 Å². The zero-order chi connectivity index (χ0) is 18.9. The Labute approximate surface area is 152 Å². The number of nitrogens with one attached hydrogen (secondary N) is 1. The number of benzene rings is 1. The van der Waals surface area contributed by atoms with Crippen molar-refractivity contribution < 1.29 is 22.0 Å². The molecule has 1 aromatic rings. The number of anilines is 1. The molecule has 1 amide bonds. The Morgan fingerprint density at radius 3 is 2.58 bits per heavy atom. The van der Waals surface area contributed by atoms with Crippen molar-refractivity contribution >= 4 is 21.6 Å². The van der Waals surface area contributed by atoms with E-state index in [0.29, 0.717) is 12.3 Å². The molecule has 26 heavy (non-hydrogen) atoms. The lowest BCUT2D eigenvalue weighted by Gasteiger charge is -2.24. The predicted octanol–water partition coefficient (Wildman–Crippen LogP) is 2.82. The van der Waals surface area contributed by atoms with Crippen molar-refractivity contribution in [2.24, 2.45) is 11.8 Å². The summed E-state index contributed by atoms with van der Waals surface area (Å²) in [4.78, 5) is 12.2. The third kappa shape index (κ3) is 4.34. The van der Waals surface area contributed by atoms with Crippen LogP contribution in [-0.4, -0.2) is 33.2 Å². The normalized spacial score (nSPS) is 24.7. The van der Waals surface area contributed by atoms with E-state index in [2.05, 4.69) is 5.32 Å². The summed E-state index contributed by atoms with van der Waals surface area (Å²) in [6, 6.07) is 3.21. The topological polar surface area (TPSA) is 66.5 Å². The van der Waals surface area contributed by atoms with E-state index in [1.165, 1.54) is 25.3 Å². The molecule has 2 fully saturated rings. The molecule has 1 aromatic carbocycles. The summed E-state index contributed by atoms with van der Waals surface area (Å²) in [7, 11) is -3.66. The minimum absolute atomic E-state index is 0.0358. The van der Waals surface area contributed by atoms with Gasteiger partial charge in [0.25, 0.3) is 0 Å². The Morgan fingerprint density at radius 1 is 1.23 bits per heavy atom. The van der Waals surface area contributed by atoms with Crippen LogP contribution in [0.4, 0.5) is 14.5 Å². The fraction of sp³-hybridized carbons (Fsp3) is 0.611. The Hall–Kier alpha value is -1.70. The van der Waals surface area contributed by atoms with Crippen molar-refractivity contribution in [2.75, 3.05) is 17.1 Å². The van der Waals surface area contributed by atoms with Crippen LogP contribution in [0.5, 0.6) is 0 Å². The molecule has 0 heterocycles. The number of nitrogens with zero attached hydrogens (tertiary/aromatic N) is 1. The van der Waals surface area contributed by atoms with E-state index in [-0.39, 0.29) is 30.6 Å². The van der Waals surface area contributed by atoms with Crippen LogP contribution in [0.25, 0.3) is 0 Å². The number of carbonyl (C=O) groups excluding carboxylic acids is 1. The van der Waals surface area contributed by atoms with E-state index < -0.39 is 21.7 Å². The van der Waals surface area contributed by atoms with Crippen LogP contribution in [-0.2, 0) is 14.8 Å². The van der Waals surface area contributed by atoms with Crippen LogP contribution >= 0.6 is 0 Å². The highest BCUT2D eigenvalue weighted by atomic mass is 32.2. The second kappa shape index (κ2) is 7.50. The number of amides is 1. The monoisotopic (exact) mass is 386 g/mol. The lowest BCUT2D eigenvalue weighted by molar-refractivity contribution is -0.122. The minimum atomic E-state index is -3.66. The maximum Gasteiger partial charge on any atom is 0.232 e. The van der Waals surface area contributed by atoms with Crippen molar-refractivity contribution in [1.29, 1.82) is 0 Å². The molecule has 5 nitrogen and oxygen atoms in total. The van der Waals surface area contributed by atoms with Gasteiger partial charge in [-0.3, -0.25) is 9.10 Å². The molecule has 1 N–H and O–H groups in total. The SMILES string of the molecule is CS(=O)(=O)N(CCCC(=O)N[C@@H]1C[C@H]2CC[C@H]1C2)c1ccc(F)c(F)c1. The van der Waals surface area contributed by atoms with Gasteiger partial charge in [-0.15, -0.1) is 0 Å². The third-order valence-electron chi connectivity index (χ3n) is 5.44. The van der Waals surface area contributed by atoms with Gasteiger partial charge < -0.3 is 5.32 Å². The van der Waals surface area contributed by atoms with E-state index in [0.717, 1.165) is 35.0 Å².